The van der Waals surface area contributed by atoms with E-state index >= 15 is 0 Å². The molecule has 3 aromatic rings. The molecule has 0 radical (unpaired) electrons. The lowest BCUT2D eigenvalue weighted by molar-refractivity contribution is -0.113. The highest BCUT2D eigenvalue weighted by atomic mass is 32.2. The number of benzene rings is 2. The summed E-state index contributed by atoms with van der Waals surface area (Å²) in [5, 5.41) is 12.0. The van der Waals surface area contributed by atoms with Gasteiger partial charge < -0.3 is 9.88 Å². The van der Waals surface area contributed by atoms with Crippen molar-refractivity contribution in [1.82, 2.24) is 14.8 Å². The summed E-state index contributed by atoms with van der Waals surface area (Å²) in [7, 11) is 0. The highest BCUT2D eigenvalue weighted by molar-refractivity contribution is 7.99. The van der Waals surface area contributed by atoms with Crippen molar-refractivity contribution in [1.29, 1.82) is 0 Å². The predicted molar refractivity (Wildman–Crippen MR) is 115 cm³/mol. The Hall–Kier alpha value is -2.60. The summed E-state index contributed by atoms with van der Waals surface area (Å²) in [6.07, 6.45) is 5.98. The summed E-state index contributed by atoms with van der Waals surface area (Å²) in [6, 6.07) is 18.2. The van der Waals surface area contributed by atoms with Crippen molar-refractivity contribution in [2.45, 2.75) is 44.3 Å². The molecule has 0 aliphatic heterocycles. The first kappa shape index (κ1) is 20.1. The van der Waals surface area contributed by atoms with Crippen molar-refractivity contribution in [3.8, 4) is 0 Å². The summed E-state index contributed by atoms with van der Waals surface area (Å²) in [4.78, 5) is 12.5. The molecule has 0 aliphatic carbocycles. The average Bonchev–Trinajstić information content (AvgIpc) is 3.16. The molecule has 5 nitrogen and oxygen atoms in total. The average molecular weight is 395 g/mol. The largest absolute Gasteiger partial charge is 0.325 e. The van der Waals surface area contributed by atoms with Crippen LogP contribution in [0.5, 0.6) is 0 Å². The number of carbonyl (C=O) groups is 1. The van der Waals surface area contributed by atoms with Crippen molar-refractivity contribution >= 4 is 23.4 Å². The number of hydrogen-bond donors (Lipinski definition) is 1. The molecular weight excluding hydrogens is 368 g/mol. The maximum atomic E-state index is 12.5. The Kier molecular flexibility index (Phi) is 7.67. The molecule has 1 amide bonds. The molecule has 1 heterocycles. The van der Waals surface area contributed by atoms with E-state index in [1.165, 1.54) is 30.2 Å². The quantitative estimate of drug-likeness (QED) is 0.397. The van der Waals surface area contributed by atoms with E-state index in [1.54, 1.807) is 6.33 Å². The number of nitrogens with one attached hydrogen (secondary N) is 1. The van der Waals surface area contributed by atoms with Gasteiger partial charge in [0.05, 0.1) is 5.75 Å². The Bertz CT molecular complexity index is 879. The third-order valence-electron chi connectivity index (χ3n) is 4.44. The Morgan fingerprint density at radius 2 is 1.86 bits per heavy atom. The summed E-state index contributed by atoms with van der Waals surface area (Å²) >= 11 is 1.43. The zero-order valence-electron chi connectivity index (χ0n) is 16.2. The number of amides is 1. The first-order valence-electron chi connectivity index (χ1n) is 9.68. The van der Waals surface area contributed by atoms with Crippen LogP contribution in [0.2, 0.25) is 0 Å². The fourth-order valence-electron chi connectivity index (χ4n) is 2.97. The SMILES string of the molecule is CCCCCn1cnnc1SCC(=O)Nc1ccccc1Cc1ccccc1. The van der Waals surface area contributed by atoms with E-state index in [-0.39, 0.29) is 5.91 Å². The van der Waals surface area contributed by atoms with Crippen molar-refractivity contribution in [2.24, 2.45) is 0 Å². The van der Waals surface area contributed by atoms with Gasteiger partial charge >= 0.3 is 0 Å². The fourth-order valence-corrected chi connectivity index (χ4v) is 3.71. The lowest BCUT2D eigenvalue weighted by Gasteiger charge is -2.11. The molecule has 1 aromatic heterocycles. The van der Waals surface area contributed by atoms with Crippen LogP contribution in [0.4, 0.5) is 5.69 Å². The number of rotatable bonds is 10. The highest BCUT2D eigenvalue weighted by Gasteiger charge is 2.11. The van der Waals surface area contributed by atoms with Gasteiger partial charge in [0.15, 0.2) is 5.16 Å². The molecule has 0 fully saturated rings. The molecule has 6 heteroatoms. The molecule has 0 spiro atoms. The van der Waals surface area contributed by atoms with Crippen LogP contribution < -0.4 is 5.32 Å². The number of para-hydroxylation sites is 1. The standard InChI is InChI=1S/C22H26N4OS/c1-2-3-9-14-26-17-23-25-22(26)28-16-21(27)24-20-13-8-7-12-19(20)15-18-10-5-4-6-11-18/h4-8,10-13,17H,2-3,9,14-16H2,1H3,(H,24,27). The molecule has 0 saturated heterocycles. The molecule has 0 atom stereocenters. The lowest BCUT2D eigenvalue weighted by Crippen LogP contribution is -2.16. The Morgan fingerprint density at radius 3 is 2.68 bits per heavy atom. The number of aryl methyl sites for hydroxylation is 1. The van der Waals surface area contributed by atoms with Gasteiger partial charge in [-0.25, -0.2) is 0 Å². The van der Waals surface area contributed by atoms with E-state index in [0.29, 0.717) is 5.75 Å². The predicted octanol–water partition coefficient (Wildman–Crippen LogP) is 4.79. The smallest absolute Gasteiger partial charge is 0.234 e. The molecule has 0 saturated carbocycles. The minimum Gasteiger partial charge on any atom is -0.325 e. The molecule has 146 valence electrons. The topological polar surface area (TPSA) is 59.8 Å². The van der Waals surface area contributed by atoms with E-state index in [4.69, 9.17) is 0 Å². The van der Waals surface area contributed by atoms with Gasteiger partial charge in [0.2, 0.25) is 5.91 Å². The number of carbonyl (C=O) groups excluding carboxylic acids is 1. The normalized spacial score (nSPS) is 10.8. The second-order valence-electron chi connectivity index (χ2n) is 6.67. The Balaban J connectivity index is 1.56. The van der Waals surface area contributed by atoms with Crippen LogP contribution in [0.1, 0.15) is 37.3 Å². The third kappa shape index (κ3) is 5.96. The van der Waals surface area contributed by atoms with Gasteiger partial charge in [0.25, 0.3) is 0 Å². The first-order chi connectivity index (χ1) is 13.8. The molecular formula is C22H26N4OS. The zero-order valence-corrected chi connectivity index (χ0v) is 17.0. The van der Waals surface area contributed by atoms with Gasteiger partial charge in [-0.05, 0) is 30.0 Å². The van der Waals surface area contributed by atoms with Crippen molar-refractivity contribution in [3.05, 3.63) is 72.1 Å². The lowest BCUT2D eigenvalue weighted by atomic mass is 10.0. The van der Waals surface area contributed by atoms with Crippen LogP contribution in [-0.4, -0.2) is 26.4 Å². The Labute approximate surface area is 170 Å². The van der Waals surface area contributed by atoms with Crippen molar-refractivity contribution < 1.29 is 4.79 Å². The maximum Gasteiger partial charge on any atom is 0.234 e. The van der Waals surface area contributed by atoms with Gasteiger partial charge in [0, 0.05) is 12.2 Å². The summed E-state index contributed by atoms with van der Waals surface area (Å²) < 4.78 is 2.02. The van der Waals surface area contributed by atoms with Gasteiger partial charge in [-0.15, -0.1) is 10.2 Å². The summed E-state index contributed by atoms with van der Waals surface area (Å²) in [5.41, 5.74) is 3.19. The van der Waals surface area contributed by atoms with Gasteiger partial charge in [-0.3, -0.25) is 4.79 Å². The van der Waals surface area contributed by atoms with E-state index in [9.17, 15) is 4.79 Å². The van der Waals surface area contributed by atoms with Crippen LogP contribution in [0.3, 0.4) is 0 Å². The van der Waals surface area contributed by atoms with E-state index < -0.39 is 0 Å². The van der Waals surface area contributed by atoms with Gasteiger partial charge in [-0.1, -0.05) is 80.1 Å². The molecule has 0 unspecified atom stereocenters. The number of nitrogens with zero attached hydrogens (tertiary/aromatic N) is 3. The Morgan fingerprint density at radius 1 is 1.07 bits per heavy atom. The summed E-state index contributed by atoms with van der Waals surface area (Å²) in [5.74, 6) is 0.278. The molecule has 28 heavy (non-hydrogen) atoms. The van der Waals surface area contributed by atoms with Crippen LogP contribution in [0.25, 0.3) is 0 Å². The molecule has 1 N–H and O–H groups in total. The second-order valence-corrected chi connectivity index (χ2v) is 7.61. The number of anilines is 1. The third-order valence-corrected chi connectivity index (χ3v) is 5.42. The van der Waals surface area contributed by atoms with Crippen molar-refractivity contribution in [2.75, 3.05) is 11.1 Å². The van der Waals surface area contributed by atoms with Crippen LogP contribution in [0, 0.1) is 0 Å². The van der Waals surface area contributed by atoms with Crippen LogP contribution >= 0.6 is 11.8 Å². The second kappa shape index (κ2) is 10.7. The number of thioether (sulfide) groups is 1. The van der Waals surface area contributed by atoms with E-state index in [0.717, 1.165) is 35.8 Å². The minimum atomic E-state index is -0.0337. The molecule has 0 bridgehead atoms. The molecule has 3 rings (SSSR count). The fraction of sp³-hybridized carbons (Fsp3) is 0.318. The molecule has 2 aromatic carbocycles. The van der Waals surface area contributed by atoms with Gasteiger partial charge in [0.1, 0.15) is 6.33 Å². The maximum absolute atomic E-state index is 12.5. The monoisotopic (exact) mass is 394 g/mol. The number of hydrogen-bond acceptors (Lipinski definition) is 4. The zero-order chi connectivity index (χ0) is 19.6. The molecule has 0 aliphatic rings. The van der Waals surface area contributed by atoms with Crippen LogP contribution in [0.15, 0.2) is 66.1 Å². The van der Waals surface area contributed by atoms with E-state index in [2.05, 4.69) is 40.6 Å². The van der Waals surface area contributed by atoms with Crippen molar-refractivity contribution in [3.63, 3.8) is 0 Å². The van der Waals surface area contributed by atoms with Gasteiger partial charge in [-0.2, -0.15) is 0 Å². The summed E-state index contributed by atoms with van der Waals surface area (Å²) in [6.45, 7) is 3.08. The highest BCUT2D eigenvalue weighted by Crippen LogP contribution is 2.21. The van der Waals surface area contributed by atoms with Crippen LogP contribution in [-0.2, 0) is 17.8 Å². The number of aromatic nitrogens is 3. The minimum absolute atomic E-state index is 0.0337. The first-order valence-corrected chi connectivity index (χ1v) is 10.7. The number of unbranched alkanes of at least 4 members (excludes halogenated alkanes) is 2. The van der Waals surface area contributed by atoms with E-state index in [1.807, 2.05) is 41.0 Å².